The molecule has 1 fully saturated rings. The van der Waals surface area contributed by atoms with Crippen LogP contribution in [-0.2, 0) is 40.0 Å². The molecule has 0 bridgehead atoms. The van der Waals surface area contributed by atoms with Gasteiger partial charge in [0.25, 0.3) is 5.91 Å². The predicted molar refractivity (Wildman–Crippen MR) is 179 cm³/mol. The number of benzene rings is 1. The molecule has 15 nitrogen and oxygen atoms in total. The number of nitrogens with one attached hydrogen (secondary N) is 3. The molecule has 0 saturated carbocycles. The first-order chi connectivity index (χ1) is 22.9. The maximum Gasteiger partial charge on any atom is 0.431 e. The summed E-state index contributed by atoms with van der Waals surface area (Å²) < 4.78 is 16.7. The summed E-state index contributed by atoms with van der Waals surface area (Å²) in [5.74, 6) is -1.36. The molecule has 0 unspecified atom stereocenters. The third-order valence-electron chi connectivity index (χ3n) is 7.62. The lowest BCUT2D eigenvalue weighted by Crippen LogP contribution is -2.43. The molecule has 0 aliphatic carbocycles. The lowest BCUT2D eigenvalue weighted by Gasteiger charge is -2.26. The second kappa shape index (κ2) is 21.8. The Labute approximate surface area is 283 Å². The summed E-state index contributed by atoms with van der Waals surface area (Å²) in [6, 6.07) is 7.28. The summed E-state index contributed by atoms with van der Waals surface area (Å²) in [5, 5.41) is 5.79. The summed E-state index contributed by atoms with van der Waals surface area (Å²) >= 11 is 0. The smallest absolute Gasteiger partial charge is 0.431 e. The fraction of sp³-hybridized carbons (Fsp3) is 0.667. The zero-order chi connectivity index (χ0) is 35.5. The van der Waals surface area contributed by atoms with Gasteiger partial charge in [0.1, 0.15) is 6.61 Å². The Bertz CT molecular complexity index is 1160. The van der Waals surface area contributed by atoms with E-state index in [2.05, 4.69) is 15.5 Å². The van der Waals surface area contributed by atoms with Crippen LogP contribution in [0.15, 0.2) is 24.3 Å². The van der Waals surface area contributed by atoms with E-state index in [1.807, 2.05) is 43.6 Å². The summed E-state index contributed by atoms with van der Waals surface area (Å²) in [4.78, 5) is 71.6. The number of likely N-dealkylation sites (N-methyl/N-ethyl adjacent to an activating group) is 1. The molecule has 1 saturated heterocycles. The highest BCUT2D eigenvalue weighted by Crippen LogP contribution is 2.12. The number of carbonyl (C=O) groups is 5. The van der Waals surface area contributed by atoms with Crippen molar-refractivity contribution < 1.29 is 43.0 Å². The van der Waals surface area contributed by atoms with Crippen molar-refractivity contribution in [3.63, 3.8) is 0 Å². The van der Waals surface area contributed by atoms with Crippen molar-refractivity contribution in [3.8, 4) is 0 Å². The molecule has 1 aliphatic rings. The molecule has 48 heavy (non-hydrogen) atoms. The van der Waals surface area contributed by atoms with Gasteiger partial charge in [-0.05, 0) is 38.5 Å². The van der Waals surface area contributed by atoms with Crippen LogP contribution in [0.4, 0.5) is 15.3 Å². The highest BCUT2D eigenvalue weighted by molar-refractivity contribution is 5.91. The van der Waals surface area contributed by atoms with Gasteiger partial charge in [-0.2, -0.15) is 5.48 Å². The highest BCUT2D eigenvalue weighted by Gasteiger charge is 2.24. The van der Waals surface area contributed by atoms with Crippen molar-refractivity contribution in [1.29, 1.82) is 0 Å². The van der Waals surface area contributed by atoms with Crippen LogP contribution in [-0.4, -0.2) is 129 Å². The SMILES string of the molecule is CC(C)Nc1ccc(COC(=O)N(CCNC(=O)ONC(=O)CCC(=O)N(C)[C@H](C)C(=O)C(C)C)CCOCCN2CCOCC2)cc1. The summed E-state index contributed by atoms with van der Waals surface area (Å²) in [6.45, 7) is 14.3. The Morgan fingerprint density at radius 1 is 0.938 bits per heavy atom. The molecule has 1 aromatic rings. The van der Waals surface area contributed by atoms with Crippen molar-refractivity contribution in [1.82, 2.24) is 25.5 Å². The zero-order valence-electron chi connectivity index (χ0n) is 29.2. The average Bonchev–Trinajstić information content (AvgIpc) is 3.07. The number of hydroxylamine groups is 1. The molecule has 1 aromatic carbocycles. The Kier molecular flexibility index (Phi) is 18.3. The molecule has 3 N–H and O–H groups in total. The number of ether oxygens (including phenoxy) is 3. The first-order valence-electron chi connectivity index (χ1n) is 16.5. The largest absolute Gasteiger partial charge is 0.445 e. The van der Waals surface area contributed by atoms with Gasteiger partial charge < -0.3 is 39.5 Å². The van der Waals surface area contributed by atoms with E-state index < -0.39 is 24.1 Å². The van der Waals surface area contributed by atoms with Crippen LogP contribution >= 0.6 is 0 Å². The number of Topliss-reactive ketones (excluding diaryl/α,β-unsaturated/α-hetero) is 1. The van der Waals surface area contributed by atoms with Gasteiger partial charge in [-0.3, -0.25) is 19.3 Å². The number of hydrogen-bond acceptors (Lipinski definition) is 11. The Morgan fingerprint density at radius 2 is 1.62 bits per heavy atom. The first-order valence-corrected chi connectivity index (χ1v) is 16.5. The third-order valence-corrected chi connectivity index (χ3v) is 7.62. The molecule has 1 atom stereocenters. The van der Waals surface area contributed by atoms with Gasteiger partial charge in [-0.1, -0.05) is 26.0 Å². The number of amides is 4. The molecular formula is C33H54N6O9. The van der Waals surface area contributed by atoms with Crippen LogP contribution < -0.4 is 16.1 Å². The summed E-state index contributed by atoms with van der Waals surface area (Å²) in [7, 11) is 1.51. The van der Waals surface area contributed by atoms with Crippen molar-refractivity contribution in [2.45, 2.75) is 66.2 Å². The third kappa shape index (κ3) is 15.8. The first kappa shape index (κ1) is 40.2. The second-order valence-corrected chi connectivity index (χ2v) is 12.2. The minimum Gasteiger partial charge on any atom is -0.445 e. The molecule has 1 heterocycles. The van der Waals surface area contributed by atoms with E-state index in [4.69, 9.17) is 19.0 Å². The van der Waals surface area contributed by atoms with Gasteiger partial charge in [0.2, 0.25) is 5.91 Å². The number of morpholine rings is 1. The number of hydrogen-bond donors (Lipinski definition) is 3. The number of anilines is 1. The lowest BCUT2D eigenvalue weighted by atomic mass is 10.0. The predicted octanol–water partition coefficient (Wildman–Crippen LogP) is 2.40. The van der Waals surface area contributed by atoms with Crippen molar-refractivity contribution in [3.05, 3.63) is 29.8 Å². The van der Waals surface area contributed by atoms with E-state index in [9.17, 15) is 24.0 Å². The van der Waals surface area contributed by atoms with Gasteiger partial charge in [-0.15, -0.1) is 0 Å². The molecule has 0 spiro atoms. The van der Waals surface area contributed by atoms with E-state index in [1.165, 1.54) is 16.8 Å². The molecule has 270 valence electrons. The molecule has 0 aromatic heterocycles. The van der Waals surface area contributed by atoms with Crippen molar-refractivity contribution in [2.24, 2.45) is 5.92 Å². The number of carbonyl (C=O) groups excluding carboxylic acids is 5. The Morgan fingerprint density at radius 3 is 2.27 bits per heavy atom. The average molecular weight is 679 g/mol. The number of nitrogens with zero attached hydrogens (tertiary/aromatic N) is 3. The Balaban J connectivity index is 1.78. The van der Waals surface area contributed by atoms with Gasteiger partial charge in [-0.25, -0.2) is 9.59 Å². The van der Waals surface area contributed by atoms with Crippen LogP contribution in [0.2, 0.25) is 0 Å². The maximum absolute atomic E-state index is 13.0. The van der Waals surface area contributed by atoms with Crippen LogP contribution in [0.5, 0.6) is 0 Å². The zero-order valence-corrected chi connectivity index (χ0v) is 29.2. The maximum atomic E-state index is 13.0. The fourth-order valence-electron chi connectivity index (χ4n) is 4.63. The van der Waals surface area contributed by atoms with Crippen LogP contribution in [0.25, 0.3) is 0 Å². The van der Waals surface area contributed by atoms with Crippen LogP contribution in [0.3, 0.4) is 0 Å². The van der Waals surface area contributed by atoms with Gasteiger partial charge in [0.05, 0.1) is 32.5 Å². The van der Waals surface area contributed by atoms with E-state index in [-0.39, 0.29) is 63.3 Å². The molecule has 1 aliphatic heterocycles. The molecule has 15 heteroatoms. The van der Waals surface area contributed by atoms with E-state index in [0.29, 0.717) is 25.9 Å². The highest BCUT2D eigenvalue weighted by atomic mass is 16.7. The molecule has 0 radical (unpaired) electrons. The molecule has 2 rings (SSSR count). The van der Waals surface area contributed by atoms with Crippen LogP contribution in [0, 0.1) is 5.92 Å². The van der Waals surface area contributed by atoms with Crippen LogP contribution in [0.1, 0.15) is 53.0 Å². The quantitative estimate of drug-likeness (QED) is 0.145. The normalized spacial score (nSPS) is 13.8. The number of rotatable bonds is 19. The fourth-order valence-corrected chi connectivity index (χ4v) is 4.63. The van der Waals surface area contributed by atoms with Gasteiger partial charge in [0.15, 0.2) is 5.78 Å². The van der Waals surface area contributed by atoms with Crippen molar-refractivity contribution in [2.75, 3.05) is 78.1 Å². The van der Waals surface area contributed by atoms with Gasteiger partial charge in [0, 0.05) is 76.8 Å². The monoisotopic (exact) mass is 678 g/mol. The van der Waals surface area contributed by atoms with E-state index >= 15 is 0 Å². The Hall–Kier alpha value is -3.95. The number of ketones is 1. The molecule has 4 amide bonds. The lowest BCUT2D eigenvalue weighted by molar-refractivity contribution is -0.140. The summed E-state index contributed by atoms with van der Waals surface area (Å²) in [6.07, 6.45) is -1.90. The molecular weight excluding hydrogens is 624 g/mol. The second-order valence-electron chi connectivity index (χ2n) is 12.2. The summed E-state index contributed by atoms with van der Waals surface area (Å²) in [5.41, 5.74) is 3.80. The topological polar surface area (TPSA) is 168 Å². The standard InChI is InChI=1S/C33H54N6O9/c1-24(2)31(42)26(5)37(6)30(41)12-11-29(40)36-48-32(43)34-13-14-39(18-22-46-21-17-38-15-19-45-20-16-38)33(44)47-23-27-7-9-28(10-8-27)35-25(3)4/h7-10,24-26,35H,11-23H2,1-6H3,(H,34,43)(H,36,40)/t26-/m1/s1. The van der Waals surface area contributed by atoms with Crippen molar-refractivity contribution >= 4 is 35.5 Å². The van der Waals surface area contributed by atoms with Gasteiger partial charge >= 0.3 is 12.2 Å². The minimum absolute atomic E-state index is 0.0121. The van der Waals surface area contributed by atoms with E-state index in [1.54, 1.807) is 20.8 Å². The minimum atomic E-state index is -0.937. The van der Waals surface area contributed by atoms with E-state index in [0.717, 1.165) is 30.9 Å².